The van der Waals surface area contributed by atoms with Crippen LogP contribution < -0.4 is 5.32 Å². The lowest BCUT2D eigenvalue weighted by Crippen LogP contribution is -2.48. The van der Waals surface area contributed by atoms with Crippen molar-refractivity contribution in [3.63, 3.8) is 0 Å². The predicted molar refractivity (Wildman–Crippen MR) is 98.8 cm³/mol. The summed E-state index contributed by atoms with van der Waals surface area (Å²) >= 11 is 0. The van der Waals surface area contributed by atoms with Gasteiger partial charge in [-0.05, 0) is 57.2 Å². The minimum absolute atomic E-state index is 0.0582. The molecule has 4 rings (SSSR count). The maximum atomic E-state index is 12.9. The molecule has 5 nitrogen and oxygen atoms in total. The van der Waals surface area contributed by atoms with Crippen molar-refractivity contribution in [3.8, 4) is 0 Å². The summed E-state index contributed by atoms with van der Waals surface area (Å²) in [4.78, 5) is 15.0. The average Bonchev–Trinajstić information content (AvgIpc) is 3.11. The van der Waals surface area contributed by atoms with Gasteiger partial charge in [0.05, 0.1) is 0 Å². The number of carbonyl (C=O) groups excluding carboxylic acids is 1. The van der Waals surface area contributed by atoms with Crippen molar-refractivity contribution in [2.24, 2.45) is 7.05 Å². The molecule has 3 heterocycles. The van der Waals surface area contributed by atoms with E-state index in [9.17, 15) is 4.79 Å². The van der Waals surface area contributed by atoms with E-state index in [1.165, 1.54) is 11.3 Å². The highest BCUT2D eigenvalue weighted by Gasteiger charge is 2.44. The summed E-state index contributed by atoms with van der Waals surface area (Å²) in [7, 11) is 2.01. The number of carbonyl (C=O) groups is 1. The van der Waals surface area contributed by atoms with E-state index in [4.69, 9.17) is 0 Å². The van der Waals surface area contributed by atoms with Crippen LogP contribution in [-0.2, 0) is 7.05 Å². The Morgan fingerprint density at radius 2 is 1.88 bits per heavy atom. The lowest BCUT2D eigenvalue weighted by atomic mass is 9.88. The zero-order valence-corrected chi connectivity index (χ0v) is 15.2. The van der Waals surface area contributed by atoms with Crippen molar-refractivity contribution >= 4 is 11.7 Å². The first-order valence-corrected chi connectivity index (χ1v) is 9.17. The number of urea groups is 1. The minimum Gasteiger partial charge on any atom is -0.319 e. The lowest BCUT2D eigenvalue weighted by Gasteiger charge is -2.39. The first-order chi connectivity index (χ1) is 12.0. The van der Waals surface area contributed by atoms with Crippen LogP contribution in [-0.4, -0.2) is 32.8 Å². The molecule has 2 aliphatic rings. The standard InChI is InChI=1S/C20H26N4O/c1-13-4-7-18(14(2)10-13)22-20(25)24-16-5-6-17(24)12-15(11-16)19-8-9-21-23(19)3/h4,7-10,15-17H,5-6,11-12H2,1-3H3,(H,22,25). The molecule has 1 aromatic carbocycles. The van der Waals surface area contributed by atoms with Gasteiger partial charge in [0.2, 0.25) is 0 Å². The van der Waals surface area contributed by atoms with Crippen LogP contribution in [0.4, 0.5) is 10.5 Å². The van der Waals surface area contributed by atoms with Crippen LogP contribution in [0, 0.1) is 13.8 Å². The Balaban J connectivity index is 1.49. The van der Waals surface area contributed by atoms with Gasteiger partial charge in [-0.25, -0.2) is 4.79 Å². The number of aryl methyl sites for hydroxylation is 3. The first kappa shape index (κ1) is 16.2. The van der Waals surface area contributed by atoms with Crippen LogP contribution in [0.15, 0.2) is 30.5 Å². The Bertz CT molecular complexity index is 783. The number of piperidine rings is 1. The maximum Gasteiger partial charge on any atom is 0.322 e. The fraction of sp³-hybridized carbons (Fsp3) is 0.500. The highest BCUT2D eigenvalue weighted by atomic mass is 16.2. The van der Waals surface area contributed by atoms with Crippen molar-refractivity contribution < 1.29 is 4.79 Å². The van der Waals surface area contributed by atoms with Gasteiger partial charge in [0.15, 0.2) is 0 Å². The Hall–Kier alpha value is -2.30. The van der Waals surface area contributed by atoms with Gasteiger partial charge in [-0.3, -0.25) is 4.68 Å². The largest absolute Gasteiger partial charge is 0.322 e. The number of aromatic nitrogens is 2. The Labute approximate surface area is 149 Å². The normalized spacial score (nSPS) is 25.2. The molecule has 1 aromatic heterocycles. The fourth-order valence-corrected chi connectivity index (χ4v) is 4.67. The van der Waals surface area contributed by atoms with Crippen LogP contribution >= 0.6 is 0 Å². The molecule has 2 atom stereocenters. The number of fused-ring (bicyclic) bond motifs is 2. The van der Waals surface area contributed by atoms with E-state index in [0.717, 1.165) is 36.9 Å². The van der Waals surface area contributed by atoms with Crippen molar-refractivity contribution in [3.05, 3.63) is 47.3 Å². The quantitative estimate of drug-likeness (QED) is 0.900. The molecule has 2 fully saturated rings. The van der Waals surface area contributed by atoms with Crippen molar-refractivity contribution in [1.29, 1.82) is 0 Å². The summed E-state index contributed by atoms with van der Waals surface area (Å²) in [6.07, 6.45) is 6.17. The second-order valence-corrected chi connectivity index (χ2v) is 7.59. The molecule has 2 aromatic rings. The Kier molecular flexibility index (Phi) is 4.02. The van der Waals surface area contributed by atoms with E-state index in [0.29, 0.717) is 18.0 Å². The third kappa shape index (κ3) is 2.92. The van der Waals surface area contributed by atoms with Crippen molar-refractivity contribution in [2.75, 3.05) is 5.32 Å². The Morgan fingerprint density at radius 1 is 1.16 bits per heavy atom. The molecule has 2 saturated heterocycles. The van der Waals surface area contributed by atoms with Crippen LogP contribution in [0.25, 0.3) is 0 Å². The highest BCUT2D eigenvalue weighted by Crippen LogP contribution is 2.43. The SMILES string of the molecule is Cc1ccc(NC(=O)N2C3CCC2CC(c2ccnn2C)C3)c(C)c1. The van der Waals surface area contributed by atoms with E-state index in [2.05, 4.69) is 34.4 Å². The summed E-state index contributed by atoms with van der Waals surface area (Å²) in [5.41, 5.74) is 4.55. The van der Waals surface area contributed by atoms with Gasteiger partial charge in [-0.1, -0.05) is 17.7 Å². The molecular formula is C20H26N4O. The lowest BCUT2D eigenvalue weighted by molar-refractivity contribution is 0.147. The topological polar surface area (TPSA) is 50.2 Å². The van der Waals surface area contributed by atoms with E-state index < -0.39 is 0 Å². The second kappa shape index (κ2) is 6.21. The van der Waals surface area contributed by atoms with Crippen LogP contribution in [0.2, 0.25) is 0 Å². The van der Waals surface area contributed by atoms with Crippen LogP contribution in [0.1, 0.15) is 48.4 Å². The molecule has 0 aliphatic carbocycles. The number of rotatable bonds is 2. The average molecular weight is 338 g/mol. The number of nitrogens with one attached hydrogen (secondary N) is 1. The third-order valence-electron chi connectivity index (χ3n) is 5.87. The maximum absolute atomic E-state index is 12.9. The number of anilines is 1. The van der Waals surface area contributed by atoms with Crippen LogP contribution in [0.5, 0.6) is 0 Å². The fourth-order valence-electron chi connectivity index (χ4n) is 4.67. The number of amides is 2. The molecular weight excluding hydrogens is 312 g/mol. The zero-order valence-electron chi connectivity index (χ0n) is 15.2. The van der Waals surface area contributed by atoms with Crippen LogP contribution in [0.3, 0.4) is 0 Å². The van der Waals surface area contributed by atoms with Gasteiger partial charge >= 0.3 is 6.03 Å². The monoisotopic (exact) mass is 338 g/mol. The predicted octanol–water partition coefficient (Wildman–Crippen LogP) is 3.98. The van der Waals surface area contributed by atoms with Gasteiger partial charge < -0.3 is 10.2 Å². The number of benzene rings is 1. The second-order valence-electron chi connectivity index (χ2n) is 7.59. The molecule has 2 bridgehead atoms. The zero-order chi connectivity index (χ0) is 17.6. The van der Waals surface area contributed by atoms with Gasteiger partial charge in [-0.15, -0.1) is 0 Å². The summed E-state index contributed by atoms with van der Waals surface area (Å²) in [5, 5.41) is 7.45. The first-order valence-electron chi connectivity index (χ1n) is 9.17. The number of hydrogen-bond acceptors (Lipinski definition) is 2. The summed E-state index contributed by atoms with van der Waals surface area (Å²) in [6.45, 7) is 4.12. The molecule has 0 radical (unpaired) electrons. The molecule has 25 heavy (non-hydrogen) atoms. The van der Waals surface area contributed by atoms with Crippen molar-refractivity contribution in [2.45, 2.75) is 57.5 Å². The molecule has 5 heteroatoms. The van der Waals surface area contributed by atoms with E-state index >= 15 is 0 Å². The molecule has 0 saturated carbocycles. The van der Waals surface area contributed by atoms with Gasteiger partial charge in [0.1, 0.15) is 0 Å². The summed E-state index contributed by atoms with van der Waals surface area (Å²) < 4.78 is 1.98. The summed E-state index contributed by atoms with van der Waals surface area (Å²) in [6, 6.07) is 9.02. The van der Waals surface area contributed by atoms with E-state index in [1.54, 1.807) is 0 Å². The van der Waals surface area contributed by atoms with Gasteiger partial charge in [0.25, 0.3) is 0 Å². The van der Waals surface area contributed by atoms with E-state index in [1.807, 2.05) is 37.0 Å². The molecule has 132 valence electrons. The van der Waals surface area contributed by atoms with E-state index in [-0.39, 0.29) is 6.03 Å². The smallest absolute Gasteiger partial charge is 0.319 e. The molecule has 2 unspecified atom stereocenters. The minimum atomic E-state index is 0.0582. The molecule has 1 N–H and O–H groups in total. The van der Waals surface area contributed by atoms with Crippen molar-refractivity contribution in [1.82, 2.24) is 14.7 Å². The number of hydrogen-bond donors (Lipinski definition) is 1. The molecule has 2 amide bonds. The Morgan fingerprint density at radius 3 is 2.48 bits per heavy atom. The number of nitrogens with zero attached hydrogens (tertiary/aromatic N) is 3. The summed E-state index contributed by atoms with van der Waals surface area (Å²) in [5.74, 6) is 0.509. The molecule has 2 aliphatic heterocycles. The van der Waals surface area contributed by atoms with Gasteiger partial charge in [0, 0.05) is 42.6 Å². The molecule has 0 spiro atoms. The van der Waals surface area contributed by atoms with Gasteiger partial charge in [-0.2, -0.15) is 5.10 Å². The highest BCUT2D eigenvalue weighted by molar-refractivity contribution is 5.91. The third-order valence-corrected chi connectivity index (χ3v) is 5.87.